The van der Waals surface area contributed by atoms with Crippen molar-refractivity contribution in [2.75, 3.05) is 33.4 Å². The average molecular weight is 403 g/mol. The van der Waals surface area contributed by atoms with Crippen LogP contribution in [0.15, 0.2) is 6.07 Å². The molecule has 0 bridgehead atoms. The highest BCUT2D eigenvalue weighted by Crippen LogP contribution is 2.28. The number of piperidine rings is 1. The number of fused-ring (bicyclic) bond motifs is 1. The van der Waals surface area contributed by atoms with Crippen LogP contribution in [0.3, 0.4) is 0 Å². The lowest BCUT2D eigenvalue weighted by Gasteiger charge is -2.40. The topological polar surface area (TPSA) is 89.0 Å². The van der Waals surface area contributed by atoms with Crippen LogP contribution in [0.2, 0.25) is 0 Å². The number of hydrogen-bond donors (Lipinski definition) is 0. The minimum Gasteiger partial charge on any atom is -0.465 e. The highest BCUT2D eigenvalue weighted by molar-refractivity contribution is 6.00. The van der Waals surface area contributed by atoms with Gasteiger partial charge in [-0.05, 0) is 31.7 Å². The zero-order chi connectivity index (χ0) is 21.1. The molecule has 3 rings (SSSR count). The Bertz CT molecular complexity index is 800. The Morgan fingerprint density at radius 3 is 2.52 bits per heavy atom. The van der Waals surface area contributed by atoms with Crippen LogP contribution >= 0.6 is 0 Å². The molecule has 2 aliphatic heterocycles. The van der Waals surface area contributed by atoms with Gasteiger partial charge in [0.15, 0.2) is 0 Å². The van der Waals surface area contributed by atoms with Gasteiger partial charge in [0.25, 0.3) is 5.91 Å². The molecule has 0 radical (unpaired) electrons. The summed E-state index contributed by atoms with van der Waals surface area (Å²) in [7, 11) is 1.33. The van der Waals surface area contributed by atoms with Crippen molar-refractivity contribution in [3.05, 3.63) is 28.6 Å². The molecule has 8 heteroatoms. The molecule has 0 aliphatic carbocycles. The van der Waals surface area contributed by atoms with E-state index in [4.69, 9.17) is 9.47 Å². The number of carbonyl (C=O) groups is 3. The van der Waals surface area contributed by atoms with E-state index in [0.29, 0.717) is 62.3 Å². The number of amides is 2. The fourth-order valence-corrected chi connectivity index (χ4v) is 4.06. The van der Waals surface area contributed by atoms with E-state index in [2.05, 4.69) is 4.98 Å². The van der Waals surface area contributed by atoms with Gasteiger partial charge in [0.2, 0.25) is 0 Å². The maximum Gasteiger partial charge on any atom is 0.409 e. The maximum absolute atomic E-state index is 13.2. The lowest BCUT2D eigenvalue weighted by molar-refractivity contribution is 0.0518. The number of rotatable bonds is 4. The summed E-state index contributed by atoms with van der Waals surface area (Å²) in [5, 5.41) is 0. The first kappa shape index (κ1) is 21.1. The van der Waals surface area contributed by atoms with Gasteiger partial charge in [0.05, 0.1) is 36.2 Å². The molecular formula is C21H29N3O5. The second kappa shape index (κ2) is 8.80. The summed E-state index contributed by atoms with van der Waals surface area (Å²) in [6.07, 6.45) is 1.78. The summed E-state index contributed by atoms with van der Waals surface area (Å²) in [4.78, 5) is 45.5. The number of pyridine rings is 1. The van der Waals surface area contributed by atoms with Gasteiger partial charge >= 0.3 is 12.1 Å². The van der Waals surface area contributed by atoms with Crippen LogP contribution < -0.4 is 0 Å². The molecule has 0 aromatic carbocycles. The predicted octanol–water partition coefficient (Wildman–Crippen LogP) is 2.61. The van der Waals surface area contributed by atoms with Gasteiger partial charge < -0.3 is 19.3 Å². The molecule has 0 atom stereocenters. The molecule has 2 aliphatic rings. The van der Waals surface area contributed by atoms with E-state index in [9.17, 15) is 14.4 Å². The lowest BCUT2D eigenvalue weighted by atomic mass is 9.94. The Hall–Kier alpha value is -2.64. The number of hydrogen-bond acceptors (Lipinski definition) is 6. The maximum atomic E-state index is 13.2. The first-order chi connectivity index (χ1) is 13.9. The van der Waals surface area contributed by atoms with Gasteiger partial charge in [-0.25, -0.2) is 9.59 Å². The third-order valence-electron chi connectivity index (χ3n) is 5.60. The Balaban J connectivity index is 1.79. The van der Waals surface area contributed by atoms with Crippen molar-refractivity contribution < 1.29 is 23.9 Å². The molecule has 0 saturated carbocycles. The fraction of sp³-hybridized carbons (Fsp3) is 0.619. The quantitative estimate of drug-likeness (QED) is 0.718. The molecule has 0 N–H and O–H groups in total. The van der Waals surface area contributed by atoms with Gasteiger partial charge in [-0.15, -0.1) is 0 Å². The summed E-state index contributed by atoms with van der Waals surface area (Å²) in [5.41, 5.74) is 2.24. The van der Waals surface area contributed by atoms with Gasteiger partial charge in [-0.2, -0.15) is 0 Å². The number of nitrogens with zero attached hydrogens (tertiary/aromatic N) is 3. The van der Waals surface area contributed by atoms with E-state index >= 15 is 0 Å². The lowest BCUT2D eigenvalue weighted by Crippen LogP contribution is -2.51. The van der Waals surface area contributed by atoms with Crippen molar-refractivity contribution in [3.8, 4) is 0 Å². The highest BCUT2D eigenvalue weighted by atomic mass is 16.6. The molecule has 3 heterocycles. The van der Waals surface area contributed by atoms with Gasteiger partial charge in [0, 0.05) is 32.1 Å². The van der Waals surface area contributed by atoms with Crippen LogP contribution in [0.4, 0.5) is 4.79 Å². The summed E-state index contributed by atoms with van der Waals surface area (Å²) < 4.78 is 9.96. The van der Waals surface area contributed by atoms with Crippen molar-refractivity contribution in [1.82, 2.24) is 14.8 Å². The Labute approximate surface area is 171 Å². The predicted molar refractivity (Wildman–Crippen MR) is 106 cm³/mol. The van der Waals surface area contributed by atoms with E-state index in [0.717, 1.165) is 5.69 Å². The van der Waals surface area contributed by atoms with Gasteiger partial charge in [0.1, 0.15) is 0 Å². The molecule has 1 fully saturated rings. The molecule has 8 nitrogen and oxygen atoms in total. The SMILES string of the molecule is CCOC(=O)N1CCC(N2CCc3nc(C(C)C)c(C(=O)OC)cc3C2=O)CC1. The van der Waals surface area contributed by atoms with Crippen LogP contribution in [0, 0.1) is 0 Å². The van der Waals surface area contributed by atoms with Crippen molar-refractivity contribution in [2.45, 2.75) is 52.0 Å². The molecule has 0 spiro atoms. The Morgan fingerprint density at radius 1 is 1.24 bits per heavy atom. The van der Waals surface area contributed by atoms with E-state index in [1.165, 1.54) is 7.11 Å². The largest absolute Gasteiger partial charge is 0.465 e. The second-order valence-electron chi connectivity index (χ2n) is 7.73. The monoisotopic (exact) mass is 403 g/mol. The van der Waals surface area contributed by atoms with Crippen molar-refractivity contribution in [2.24, 2.45) is 0 Å². The summed E-state index contributed by atoms with van der Waals surface area (Å²) >= 11 is 0. The second-order valence-corrected chi connectivity index (χ2v) is 7.73. The van der Waals surface area contributed by atoms with E-state index < -0.39 is 5.97 Å². The summed E-state index contributed by atoms with van der Waals surface area (Å²) in [5.74, 6) is -0.528. The van der Waals surface area contributed by atoms with Crippen molar-refractivity contribution in [3.63, 3.8) is 0 Å². The summed E-state index contributed by atoms with van der Waals surface area (Å²) in [6, 6.07) is 1.71. The number of esters is 1. The van der Waals surface area contributed by atoms with Crippen molar-refractivity contribution in [1.29, 1.82) is 0 Å². The number of ether oxygens (including phenoxy) is 2. The third-order valence-corrected chi connectivity index (χ3v) is 5.60. The minimum absolute atomic E-state index is 0.0507. The van der Waals surface area contributed by atoms with E-state index in [1.807, 2.05) is 18.7 Å². The minimum atomic E-state index is -0.475. The van der Waals surface area contributed by atoms with Gasteiger partial charge in [-0.3, -0.25) is 9.78 Å². The average Bonchev–Trinajstić information content (AvgIpc) is 2.73. The molecule has 158 valence electrons. The van der Waals surface area contributed by atoms with Crippen LogP contribution in [0.1, 0.15) is 71.6 Å². The molecule has 1 saturated heterocycles. The van der Waals surface area contributed by atoms with E-state index in [-0.39, 0.29) is 24.0 Å². The van der Waals surface area contributed by atoms with E-state index in [1.54, 1.807) is 17.9 Å². The molecule has 0 unspecified atom stereocenters. The molecule has 2 amide bonds. The van der Waals surface area contributed by atoms with Gasteiger partial charge in [-0.1, -0.05) is 13.8 Å². The molecule has 1 aromatic rings. The smallest absolute Gasteiger partial charge is 0.409 e. The number of aromatic nitrogens is 1. The van der Waals surface area contributed by atoms with Crippen LogP contribution in [-0.4, -0.2) is 72.1 Å². The molecule has 1 aromatic heterocycles. The van der Waals surface area contributed by atoms with Crippen LogP contribution in [0.25, 0.3) is 0 Å². The number of likely N-dealkylation sites (tertiary alicyclic amines) is 1. The third kappa shape index (κ3) is 4.21. The van der Waals surface area contributed by atoms with Crippen molar-refractivity contribution >= 4 is 18.0 Å². The summed E-state index contributed by atoms with van der Waals surface area (Å²) in [6.45, 7) is 7.81. The van der Waals surface area contributed by atoms with Crippen LogP contribution in [0.5, 0.6) is 0 Å². The highest BCUT2D eigenvalue weighted by Gasteiger charge is 2.35. The number of methoxy groups -OCH3 is 1. The molecule has 29 heavy (non-hydrogen) atoms. The normalized spacial score (nSPS) is 17.3. The van der Waals surface area contributed by atoms with Crippen LogP contribution in [-0.2, 0) is 15.9 Å². The Kier molecular flexibility index (Phi) is 6.39. The number of carbonyl (C=O) groups excluding carboxylic acids is 3. The first-order valence-electron chi connectivity index (χ1n) is 10.2. The Morgan fingerprint density at radius 2 is 1.93 bits per heavy atom. The standard InChI is InChI=1S/C21H29N3O5/c1-5-29-21(27)23-9-6-14(7-10-23)24-11-8-17-15(19(24)25)12-16(20(26)28-4)18(22-17)13(2)3/h12-14H,5-11H2,1-4H3. The molecular weight excluding hydrogens is 374 g/mol. The fourth-order valence-electron chi connectivity index (χ4n) is 4.06. The first-order valence-corrected chi connectivity index (χ1v) is 10.2. The zero-order valence-electron chi connectivity index (χ0n) is 17.6. The zero-order valence-corrected chi connectivity index (χ0v) is 17.6.